The first-order valence-corrected chi connectivity index (χ1v) is 10.8. The molecule has 4 saturated carbocycles. The number of halogens is 3. The monoisotopic (exact) mass is 386 g/mol. The predicted molar refractivity (Wildman–Crippen MR) is 96.8 cm³/mol. The molecule has 0 aromatic rings. The standard InChI is InChI=1S/C22H33F3O2/c1-20-9-7-14(22(23,24)25)11-13(20)3-4-15-16-5-6-18(19(27)12-26)21(16,2)10-8-17(15)20/h12-19,27H,3-11H2,1-2H3/t13?,14?,15-,16?,17?,18?,19?,20?,21?/m0/s1. The van der Waals surface area contributed by atoms with Gasteiger partial charge in [0.25, 0.3) is 0 Å². The first-order valence-electron chi connectivity index (χ1n) is 10.8. The van der Waals surface area contributed by atoms with Crippen LogP contribution in [0.5, 0.6) is 0 Å². The van der Waals surface area contributed by atoms with Gasteiger partial charge in [0.15, 0.2) is 0 Å². The van der Waals surface area contributed by atoms with Crippen molar-refractivity contribution in [3.63, 3.8) is 0 Å². The molecular weight excluding hydrogens is 353 g/mol. The van der Waals surface area contributed by atoms with Crippen LogP contribution in [0.3, 0.4) is 0 Å². The summed E-state index contributed by atoms with van der Waals surface area (Å²) >= 11 is 0. The lowest BCUT2D eigenvalue weighted by atomic mass is 9.44. The third kappa shape index (κ3) is 2.89. The van der Waals surface area contributed by atoms with Gasteiger partial charge in [-0.2, -0.15) is 13.2 Å². The Balaban J connectivity index is 1.55. The summed E-state index contributed by atoms with van der Waals surface area (Å²) in [5.74, 6) is 0.703. The molecule has 1 N–H and O–H groups in total. The summed E-state index contributed by atoms with van der Waals surface area (Å²) in [4.78, 5) is 11.2. The van der Waals surface area contributed by atoms with Gasteiger partial charge in [-0.1, -0.05) is 13.8 Å². The van der Waals surface area contributed by atoms with E-state index in [-0.39, 0.29) is 29.1 Å². The summed E-state index contributed by atoms with van der Waals surface area (Å²) in [6.45, 7) is 4.53. The molecule has 0 heterocycles. The van der Waals surface area contributed by atoms with E-state index in [1.54, 1.807) is 0 Å². The van der Waals surface area contributed by atoms with E-state index < -0.39 is 18.2 Å². The molecule has 154 valence electrons. The van der Waals surface area contributed by atoms with Crippen molar-refractivity contribution in [2.45, 2.75) is 83.9 Å². The number of hydrogen-bond acceptors (Lipinski definition) is 2. The van der Waals surface area contributed by atoms with E-state index in [4.69, 9.17) is 0 Å². The molecule has 4 fully saturated rings. The Bertz CT molecular complexity index is 591. The fraction of sp³-hybridized carbons (Fsp3) is 0.955. The van der Waals surface area contributed by atoms with Crippen LogP contribution in [0.25, 0.3) is 0 Å². The molecule has 0 aromatic carbocycles. The molecule has 5 heteroatoms. The molecule has 0 saturated heterocycles. The summed E-state index contributed by atoms with van der Waals surface area (Å²) in [7, 11) is 0. The topological polar surface area (TPSA) is 37.3 Å². The highest BCUT2D eigenvalue weighted by Crippen LogP contribution is 2.68. The maximum atomic E-state index is 13.3. The Morgan fingerprint density at radius 1 is 0.963 bits per heavy atom. The van der Waals surface area contributed by atoms with Crippen LogP contribution in [0.1, 0.15) is 71.6 Å². The second-order valence-electron chi connectivity index (χ2n) is 10.5. The summed E-state index contributed by atoms with van der Waals surface area (Å²) in [6, 6.07) is 0. The summed E-state index contributed by atoms with van der Waals surface area (Å²) in [5, 5.41) is 10.2. The van der Waals surface area contributed by atoms with E-state index >= 15 is 0 Å². The summed E-state index contributed by atoms with van der Waals surface area (Å²) < 4.78 is 39.9. The number of aliphatic hydroxyl groups excluding tert-OH is 1. The fourth-order valence-corrected chi connectivity index (χ4v) is 8.25. The molecule has 4 aliphatic rings. The van der Waals surface area contributed by atoms with Gasteiger partial charge >= 0.3 is 6.18 Å². The average molecular weight is 386 g/mol. The van der Waals surface area contributed by atoms with E-state index in [1.165, 1.54) is 0 Å². The van der Waals surface area contributed by atoms with Gasteiger partial charge in [-0.25, -0.2) is 0 Å². The second kappa shape index (κ2) is 6.47. The Labute approximate surface area is 160 Å². The maximum Gasteiger partial charge on any atom is 0.391 e. The molecule has 0 radical (unpaired) electrons. The van der Waals surface area contributed by atoms with Crippen LogP contribution >= 0.6 is 0 Å². The van der Waals surface area contributed by atoms with Gasteiger partial charge in [0.05, 0.1) is 5.92 Å². The number of rotatable bonds is 2. The van der Waals surface area contributed by atoms with Crippen LogP contribution < -0.4 is 0 Å². The lowest BCUT2D eigenvalue weighted by Crippen LogP contribution is -2.54. The molecule has 4 aliphatic carbocycles. The van der Waals surface area contributed by atoms with E-state index in [9.17, 15) is 23.1 Å². The number of carbonyl (C=O) groups is 1. The molecule has 2 nitrogen and oxygen atoms in total. The zero-order valence-corrected chi connectivity index (χ0v) is 16.5. The molecule has 4 rings (SSSR count). The van der Waals surface area contributed by atoms with Gasteiger partial charge in [0.1, 0.15) is 12.4 Å². The minimum absolute atomic E-state index is 0.00780. The number of carbonyl (C=O) groups excluding carboxylic acids is 1. The van der Waals surface area contributed by atoms with Crippen molar-refractivity contribution in [1.29, 1.82) is 0 Å². The maximum absolute atomic E-state index is 13.3. The highest BCUT2D eigenvalue weighted by Gasteiger charge is 2.62. The second-order valence-corrected chi connectivity index (χ2v) is 10.5. The minimum Gasteiger partial charge on any atom is -0.385 e. The van der Waals surface area contributed by atoms with Crippen molar-refractivity contribution in [3.05, 3.63) is 0 Å². The van der Waals surface area contributed by atoms with Crippen LogP contribution in [-0.2, 0) is 4.79 Å². The van der Waals surface area contributed by atoms with E-state index in [2.05, 4.69) is 13.8 Å². The zero-order chi connectivity index (χ0) is 19.6. The lowest BCUT2D eigenvalue weighted by Gasteiger charge is -2.61. The quantitative estimate of drug-likeness (QED) is 0.647. The van der Waals surface area contributed by atoms with E-state index in [1.807, 2.05) is 0 Å². The molecule has 0 spiro atoms. The number of aldehydes is 1. The van der Waals surface area contributed by atoms with Crippen LogP contribution in [-0.4, -0.2) is 23.7 Å². The fourth-order valence-electron chi connectivity index (χ4n) is 8.25. The van der Waals surface area contributed by atoms with Crippen LogP contribution in [0.4, 0.5) is 13.2 Å². The van der Waals surface area contributed by atoms with Crippen LogP contribution in [0, 0.1) is 46.3 Å². The van der Waals surface area contributed by atoms with Crippen molar-refractivity contribution in [3.8, 4) is 0 Å². The van der Waals surface area contributed by atoms with Gasteiger partial charge in [0.2, 0.25) is 0 Å². The number of fused-ring (bicyclic) bond motifs is 5. The van der Waals surface area contributed by atoms with Crippen molar-refractivity contribution in [1.82, 2.24) is 0 Å². The van der Waals surface area contributed by atoms with Crippen LogP contribution in [0.15, 0.2) is 0 Å². The number of alkyl halides is 3. The molecule has 0 aromatic heterocycles. The lowest BCUT2D eigenvalue weighted by molar-refractivity contribution is -0.208. The van der Waals surface area contributed by atoms with Crippen molar-refractivity contribution < 1.29 is 23.1 Å². The normalized spacial score (nSPS) is 51.0. The molecule has 9 atom stereocenters. The Morgan fingerprint density at radius 3 is 2.30 bits per heavy atom. The minimum atomic E-state index is -4.05. The van der Waals surface area contributed by atoms with Gasteiger partial charge in [-0.3, -0.25) is 0 Å². The van der Waals surface area contributed by atoms with Crippen molar-refractivity contribution >= 4 is 6.29 Å². The van der Waals surface area contributed by atoms with Crippen LogP contribution in [0.2, 0.25) is 0 Å². The highest BCUT2D eigenvalue weighted by molar-refractivity contribution is 5.56. The molecule has 0 bridgehead atoms. The number of hydrogen-bond donors (Lipinski definition) is 1. The molecule has 0 aliphatic heterocycles. The molecule has 8 unspecified atom stereocenters. The highest BCUT2D eigenvalue weighted by atomic mass is 19.4. The van der Waals surface area contributed by atoms with Gasteiger partial charge in [-0.15, -0.1) is 0 Å². The molecule has 27 heavy (non-hydrogen) atoms. The smallest absolute Gasteiger partial charge is 0.385 e. The van der Waals surface area contributed by atoms with E-state index in [0.29, 0.717) is 36.9 Å². The third-order valence-corrected chi connectivity index (χ3v) is 9.75. The van der Waals surface area contributed by atoms with Crippen molar-refractivity contribution in [2.24, 2.45) is 46.3 Å². The van der Waals surface area contributed by atoms with Crippen molar-refractivity contribution in [2.75, 3.05) is 0 Å². The van der Waals surface area contributed by atoms with Gasteiger partial charge in [-0.05, 0) is 98.2 Å². The SMILES string of the molecule is CC12CCC(C(F)(F)F)CC1CC[C@@H]1C2CCC2(C)C(C(O)C=O)CCC12. The first-order chi connectivity index (χ1) is 12.6. The summed E-state index contributed by atoms with van der Waals surface area (Å²) in [5.41, 5.74) is 0.0429. The molecular formula is C22H33F3O2. The Kier molecular flexibility index (Phi) is 4.72. The Hall–Kier alpha value is -0.580. The zero-order valence-electron chi connectivity index (χ0n) is 16.5. The molecule has 0 amide bonds. The first kappa shape index (κ1) is 19.7. The predicted octanol–water partition coefficient (Wildman–Crippen LogP) is 5.38. The largest absolute Gasteiger partial charge is 0.391 e. The van der Waals surface area contributed by atoms with E-state index in [0.717, 1.165) is 38.5 Å². The average Bonchev–Trinajstić information content (AvgIpc) is 2.96. The number of aliphatic hydroxyl groups is 1. The Morgan fingerprint density at radius 2 is 1.63 bits per heavy atom. The summed E-state index contributed by atoms with van der Waals surface area (Å²) in [6.07, 6.45) is 3.03. The van der Waals surface area contributed by atoms with Gasteiger partial charge < -0.3 is 9.90 Å². The van der Waals surface area contributed by atoms with Gasteiger partial charge in [0, 0.05) is 0 Å². The third-order valence-electron chi connectivity index (χ3n) is 9.75.